The Labute approximate surface area is 125 Å². The van der Waals surface area contributed by atoms with Crippen molar-refractivity contribution in [2.45, 2.75) is 12.5 Å². The highest BCUT2D eigenvalue weighted by Crippen LogP contribution is 2.31. The monoisotopic (exact) mass is 318 g/mol. The predicted octanol–water partition coefficient (Wildman–Crippen LogP) is 2.60. The third-order valence-electron chi connectivity index (χ3n) is 2.79. The Hall–Kier alpha value is -1.50. The van der Waals surface area contributed by atoms with E-state index in [1.807, 2.05) is 0 Å². The molecule has 8 heteroatoms. The van der Waals surface area contributed by atoms with Crippen molar-refractivity contribution < 1.29 is 19.4 Å². The van der Waals surface area contributed by atoms with Crippen molar-refractivity contribution in [1.29, 1.82) is 0 Å². The molecule has 0 aromatic heterocycles. The Morgan fingerprint density at radius 2 is 1.95 bits per heavy atom. The normalized spacial score (nSPS) is 17.8. The van der Waals surface area contributed by atoms with Gasteiger partial charge in [-0.3, -0.25) is 0 Å². The number of nitrogens with one attached hydrogen (secondary N) is 2. The number of hydrogen-bond acceptors (Lipinski definition) is 3. The first-order chi connectivity index (χ1) is 9.47. The van der Waals surface area contributed by atoms with Crippen molar-refractivity contribution in [2.75, 3.05) is 18.5 Å². The maximum absolute atomic E-state index is 11.8. The Kier molecular flexibility index (Phi) is 4.69. The summed E-state index contributed by atoms with van der Waals surface area (Å²) in [5, 5.41) is 14.2. The van der Waals surface area contributed by atoms with E-state index in [0.717, 1.165) is 6.42 Å². The van der Waals surface area contributed by atoms with Crippen LogP contribution in [0.5, 0.6) is 0 Å². The second kappa shape index (κ2) is 6.30. The molecule has 0 radical (unpaired) electrons. The fourth-order valence-corrected chi connectivity index (χ4v) is 2.38. The molecule has 1 unspecified atom stereocenters. The van der Waals surface area contributed by atoms with Gasteiger partial charge in [-0.25, -0.2) is 9.59 Å². The molecule has 1 fully saturated rings. The number of aromatic carboxylic acids is 1. The lowest BCUT2D eigenvalue weighted by atomic mass is 10.2. The molecule has 1 aromatic rings. The fourth-order valence-electron chi connectivity index (χ4n) is 1.80. The molecular weight excluding hydrogens is 307 g/mol. The topological polar surface area (TPSA) is 87.7 Å². The van der Waals surface area contributed by atoms with E-state index >= 15 is 0 Å². The number of urea groups is 1. The van der Waals surface area contributed by atoms with Crippen LogP contribution in [0.25, 0.3) is 0 Å². The van der Waals surface area contributed by atoms with E-state index in [0.29, 0.717) is 13.2 Å². The lowest BCUT2D eigenvalue weighted by Gasteiger charge is -2.14. The maximum atomic E-state index is 11.8. The van der Waals surface area contributed by atoms with Gasteiger partial charge in [-0.1, -0.05) is 23.2 Å². The van der Waals surface area contributed by atoms with E-state index in [9.17, 15) is 9.59 Å². The molecule has 108 valence electrons. The van der Waals surface area contributed by atoms with Crippen LogP contribution in [0.1, 0.15) is 16.8 Å². The summed E-state index contributed by atoms with van der Waals surface area (Å²) in [4.78, 5) is 22.6. The van der Waals surface area contributed by atoms with Crippen LogP contribution in [0.15, 0.2) is 12.1 Å². The summed E-state index contributed by atoms with van der Waals surface area (Å²) in [6.45, 7) is 1.08. The van der Waals surface area contributed by atoms with E-state index in [4.69, 9.17) is 33.0 Å². The first kappa shape index (κ1) is 14.9. The molecule has 1 atom stereocenters. The van der Waals surface area contributed by atoms with Gasteiger partial charge in [-0.2, -0.15) is 0 Å². The quantitative estimate of drug-likeness (QED) is 0.799. The summed E-state index contributed by atoms with van der Waals surface area (Å²) in [6.07, 6.45) is 0.743. The van der Waals surface area contributed by atoms with Crippen molar-refractivity contribution in [3.8, 4) is 0 Å². The SMILES string of the molecule is O=C(Nc1c(Cl)cc(C(=O)O)cc1Cl)NC1CCOC1. The van der Waals surface area contributed by atoms with Crippen LogP contribution in [-0.2, 0) is 4.74 Å². The van der Waals surface area contributed by atoms with Crippen LogP contribution in [0.4, 0.5) is 10.5 Å². The van der Waals surface area contributed by atoms with Gasteiger partial charge in [-0.15, -0.1) is 0 Å². The Balaban J connectivity index is 2.08. The highest BCUT2D eigenvalue weighted by molar-refractivity contribution is 6.40. The Bertz CT molecular complexity index is 521. The molecule has 0 saturated carbocycles. The molecule has 3 N–H and O–H groups in total. The summed E-state index contributed by atoms with van der Waals surface area (Å²) in [5.41, 5.74) is 0.130. The molecule has 2 amide bonds. The predicted molar refractivity (Wildman–Crippen MR) is 74.8 cm³/mol. The number of anilines is 1. The lowest BCUT2D eigenvalue weighted by molar-refractivity contribution is 0.0697. The van der Waals surface area contributed by atoms with E-state index in [-0.39, 0.29) is 27.3 Å². The molecule has 0 aliphatic carbocycles. The van der Waals surface area contributed by atoms with Gasteiger partial charge in [0.25, 0.3) is 0 Å². The molecule has 6 nitrogen and oxygen atoms in total. The first-order valence-corrected chi connectivity index (χ1v) is 6.60. The number of carbonyl (C=O) groups excluding carboxylic acids is 1. The largest absolute Gasteiger partial charge is 0.478 e. The second-order valence-electron chi connectivity index (χ2n) is 4.28. The van der Waals surface area contributed by atoms with Crippen molar-refractivity contribution in [3.63, 3.8) is 0 Å². The van der Waals surface area contributed by atoms with Gasteiger partial charge in [0.05, 0.1) is 33.9 Å². The van der Waals surface area contributed by atoms with Crippen LogP contribution < -0.4 is 10.6 Å². The molecule has 1 aliphatic heterocycles. The average Bonchev–Trinajstić information content (AvgIpc) is 2.86. The number of hydrogen-bond donors (Lipinski definition) is 3. The number of ether oxygens (including phenoxy) is 1. The molecule has 1 aromatic carbocycles. The minimum atomic E-state index is -1.15. The first-order valence-electron chi connectivity index (χ1n) is 5.85. The maximum Gasteiger partial charge on any atom is 0.335 e. The zero-order chi connectivity index (χ0) is 14.7. The number of carboxylic acids is 1. The van der Waals surface area contributed by atoms with Gasteiger partial charge in [0.2, 0.25) is 0 Å². The Morgan fingerprint density at radius 3 is 2.45 bits per heavy atom. The van der Waals surface area contributed by atoms with Gasteiger partial charge in [0, 0.05) is 6.61 Å². The van der Waals surface area contributed by atoms with E-state index in [1.165, 1.54) is 12.1 Å². The van der Waals surface area contributed by atoms with E-state index < -0.39 is 12.0 Å². The van der Waals surface area contributed by atoms with Crippen LogP contribution >= 0.6 is 23.2 Å². The number of carbonyl (C=O) groups is 2. The molecule has 1 saturated heterocycles. The van der Waals surface area contributed by atoms with Crippen molar-refractivity contribution in [3.05, 3.63) is 27.7 Å². The summed E-state index contributed by atoms with van der Waals surface area (Å²) >= 11 is 11.8. The van der Waals surface area contributed by atoms with Gasteiger partial charge in [0.1, 0.15) is 0 Å². The minimum Gasteiger partial charge on any atom is -0.478 e. The molecule has 0 bridgehead atoms. The molecular formula is C12H12Cl2N2O4. The van der Waals surface area contributed by atoms with E-state index in [1.54, 1.807) is 0 Å². The van der Waals surface area contributed by atoms with Crippen molar-refractivity contribution in [2.24, 2.45) is 0 Å². The highest BCUT2D eigenvalue weighted by Gasteiger charge is 2.19. The molecule has 20 heavy (non-hydrogen) atoms. The van der Waals surface area contributed by atoms with Crippen molar-refractivity contribution in [1.82, 2.24) is 5.32 Å². The smallest absolute Gasteiger partial charge is 0.335 e. The van der Waals surface area contributed by atoms with Crippen LogP contribution in [-0.4, -0.2) is 36.4 Å². The zero-order valence-corrected chi connectivity index (χ0v) is 11.8. The minimum absolute atomic E-state index is 0.0462. The van der Waals surface area contributed by atoms with E-state index in [2.05, 4.69) is 10.6 Å². The zero-order valence-electron chi connectivity index (χ0n) is 10.3. The third-order valence-corrected chi connectivity index (χ3v) is 3.39. The number of benzene rings is 1. The molecule has 0 spiro atoms. The second-order valence-corrected chi connectivity index (χ2v) is 5.09. The highest BCUT2D eigenvalue weighted by atomic mass is 35.5. The van der Waals surface area contributed by atoms with Gasteiger partial charge in [-0.05, 0) is 18.6 Å². The lowest BCUT2D eigenvalue weighted by Crippen LogP contribution is -2.38. The van der Waals surface area contributed by atoms with Crippen LogP contribution in [0.2, 0.25) is 10.0 Å². The summed E-state index contributed by atoms with van der Waals surface area (Å²) in [5.74, 6) is -1.15. The fraction of sp³-hybridized carbons (Fsp3) is 0.333. The number of rotatable bonds is 3. The Morgan fingerprint density at radius 1 is 1.30 bits per heavy atom. The summed E-state index contributed by atoms with van der Waals surface area (Å²) < 4.78 is 5.14. The summed E-state index contributed by atoms with van der Waals surface area (Å²) in [6, 6.07) is 1.94. The third kappa shape index (κ3) is 3.53. The number of carboxylic acid groups (broad SMARTS) is 1. The standard InChI is InChI=1S/C12H12Cl2N2O4/c13-8-3-6(11(17)18)4-9(14)10(8)16-12(19)15-7-1-2-20-5-7/h3-4,7H,1-2,5H2,(H,17,18)(H2,15,16,19). The van der Waals surface area contributed by atoms with Crippen molar-refractivity contribution >= 4 is 40.9 Å². The molecule has 1 heterocycles. The van der Waals surface area contributed by atoms with Crippen LogP contribution in [0, 0.1) is 0 Å². The average molecular weight is 319 g/mol. The van der Waals surface area contributed by atoms with Crippen LogP contribution in [0.3, 0.4) is 0 Å². The summed E-state index contributed by atoms with van der Waals surface area (Å²) in [7, 11) is 0. The van der Waals surface area contributed by atoms with Gasteiger partial charge in [0.15, 0.2) is 0 Å². The van der Waals surface area contributed by atoms with Gasteiger partial charge < -0.3 is 20.5 Å². The molecule has 1 aliphatic rings. The molecule has 2 rings (SSSR count). The number of halogens is 2. The van der Waals surface area contributed by atoms with Gasteiger partial charge >= 0.3 is 12.0 Å². The number of amides is 2.